The van der Waals surface area contributed by atoms with Crippen LogP contribution in [0, 0.1) is 0 Å². The molecular weight excluding hydrogens is 705 g/mol. The molecule has 10 aromatic rings. The Morgan fingerprint density at radius 3 is 1.41 bits per heavy atom. The summed E-state index contributed by atoms with van der Waals surface area (Å²) in [6.07, 6.45) is 0. The summed E-state index contributed by atoms with van der Waals surface area (Å²) < 4.78 is 2.26. The summed E-state index contributed by atoms with van der Waals surface area (Å²) in [6, 6.07) is 69.0. The normalized spacial score (nSPS) is 12.8. The topological polar surface area (TPSA) is 43.6 Å². The van der Waals surface area contributed by atoms with Gasteiger partial charge in [-0.3, -0.25) is 4.57 Å². The highest BCUT2D eigenvalue weighted by Gasteiger charge is 2.36. The molecule has 1 aliphatic carbocycles. The van der Waals surface area contributed by atoms with E-state index in [-0.39, 0.29) is 5.41 Å². The van der Waals surface area contributed by atoms with Gasteiger partial charge in [-0.05, 0) is 92.0 Å². The predicted molar refractivity (Wildman–Crippen MR) is 239 cm³/mol. The molecule has 2 aromatic heterocycles. The Kier molecular flexibility index (Phi) is 7.80. The van der Waals surface area contributed by atoms with Gasteiger partial charge in [0.25, 0.3) is 0 Å². The Balaban J connectivity index is 1.19. The molecule has 0 atom stereocenters. The molecule has 2 heterocycles. The van der Waals surface area contributed by atoms with Crippen LogP contribution in [0.3, 0.4) is 0 Å². The third kappa shape index (κ3) is 5.56. The van der Waals surface area contributed by atoms with E-state index in [1.807, 2.05) is 12.1 Å². The van der Waals surface area contributed by atoms with Crippen LogP contribution in [0.4, 0.5) is 0 Å². The minimum absolute atomic E-state index is 0.179. The minimum Gasteiger partial charge on any atom is -0.278 e. The van der Waals surface area contributed by atoms with Crippen molar-refractivity contribution in [2.45, 2.75) is 19.3 Å². The molecule has 0 N–H and O–H groups in total. The molecule has 4 heteroatoms. The highest BCUT2D eigenvalue weighted by molar-refractivity contribution is 6.12. The van der Waals surface area contributed by atoms with E-state index >= 15 is 0 Å². The van der Waals surface area contributed by atoms with Crippen molar-refractivity contribution in [1.82, 2.24) is 19.5 Å². The zero-order chi connectivity index (χ0) is 38.8. The fourth-order valence-corrected chi connectivity index (χ4v) is 8.90. The van der Waals surface area contributed by atoms with E-state index < -0.39 is 0 Å². The lowest BCUT2D eigenvalue weighted by Gasteiger charge is -2.21. The summed E-state index contributed by atoms with van der Waals surface area (Å²) in [5, 5.41) is 2.32. The molecular formula is C54H38N4. The molecule has 0 amide bonds. The molecule has 0 fully saturated rings. The van der Waals surface area contributed by atoms with E-state index in [1.54, 1.807) is 0 Å². The van der Waals surface area contributed by atoms with E-state index in [4.69, 9.17) is 15.0 Å². The summed E-state index contributed by atoms with van der Waals surface area (Å²) in [6.45, 7) is 4.67. The first kappa shape index (κ1) is 33.9. The molecule has 0 saturated carbocycles. The largest absolute Gasteiger partial charge is 0.278 e. The molecule has 4 nitrogen and oxygen atoms in total. The monoisotopic (exact) mass is 742 g/mol. The molecule has 11 rings (SSSR count). The second kappa shape index (κ2) is 13.4. The SMILES string of the molecule is CC1(C)c2ccccc2-c2cc3c4cc(-c5ccccc5)ccc4n(-c4nc(-c5cccc(-c6ccccc6)c5)nc(-c5cccc(-c6ccccc6)c5)n4)c3cc21. The van der Waals surface area contributed by atoms with Gasteiger partial charge >= 0.3 is 0 Å². The third-order valence-corrected chi connectivity index (χ3v) is 11.9. The van der Waals surface area contributed by atoms with Crippen LogP contribution < -0.4 is 0 Å². The lowest BCUT2D eigenvalue weighted by molar-refractivity contribution is 0.661. The van der Waals surface area contributed by atoms with Gasteiger partial charge in [0.2, 0.25) is 5.95 Å². The number of nitrogens with zero attached hydrogens (tertiary/aromatic N) is 4. The molecule has 8 aromatic carbocycles. The van der Waals surface area contributed by atoms with Crippen LogP contribution >= 0.6 is 0 Å². The number of hydrogen-bond acceptors (Lipinski definition) is 3. The minimum atomic E-state index is -0.179. The van der Waals surface area contributed by atoms with Gasteiger partial charge < -0.3 is 0 Å². The van der Waals surface area contributed by atoms with E-state index in [1.165, 1.54) is 38.8 Å². The molecule has 0 aliphatic heterocycles. The molecule has 0 bridgehead atoms. The quantitative estimate of drug-likeness (QED) is 0.170. The zero-order valence-electron chi connectivity index (χ0n) is 32.3. The summed E-state index contributed by atoms with van der Waals surface area (Å²) in [7, 11) is 0. The van der Waals surface area contributed by atoms with Gasteiger partial charge in [-0.15, -0.1) is 0 Å². The second-order valence-corrected chi connectivity index (χ2v) is 15.7. The summed E-state index contributed by atoms with van der Waals surface area (Å²) >= 11 is 0. The molecule has 274 valence electrons. The van der Waals surface area contributed by atoms with Crippen molar-refractivity contribution in [3.05, 3.63) is 205 Å². The zero-order valence-corrected chi connectivity index (χ0v) is 32.3. The number of benzene rings is 8. The van der Waals surface area contributed by atoms with Crippen molar-refractivity contribution in [2.24, 2.45) is 0 Å². The predicted octanol–water partition coefficient (Wildman–Crippen LogP) is 13.6. The molecule has 58 heavy (non-hydrogen) atoms. The second-order valence-electron chi connectivity index (χ2n) is 15.7. The first-order valence-corrected chi connectivity index (χ1v) is 19.9. The lowest BCUT2D eigenvalue weighted by Crippen LogP contribution is -2.15. The van der Waals surface area contributed by atoms with Gasteiger partial charge in [-0.2, -0.15) is 9.97 Å². The van der Waals surface area contributed by atoms with Gasteiger partial charge in [-0.1, -0.05) is 172 Å². The van der Waals surface area contributed by atoms with Gasteiger partial charge in [0.05, 0.1) is 11.0 Å². The van der Waals surface area contributed by atoms with Gasteiger partial charge in [0.15, 0.2) is 11.6 Å². The average Bonchev–Trinajstić information content (AvgIpc) is 3.73. The number of hydrogen-bond donors (Lipinski definition) is 0. The highest BCUT2D eigenvalue weighted by Crippen LogP contribution is 2.51. The van der Waals surface area contributed by atoms with Gasteiger partial charge in [0.1, 0.15) is 0 Å². The van der Waals surface area contributed by atoms with E-state index in [0.29, 0.717) is 17.6 Å². The molecule has 1 aliphatic rings. The van der Waals surface area contributed by atoms with Crippen molar-refractivity contribution in [3.63, 3.8) is 0 Å². The first-order valence-electron chi connectivity index (χ1n) is 19.9. The van der Waals surface area contributed by atoms with E-state index in [2.05, 4.69) is 200 Å². The van der Waals surface area contributed by atoms with Crippen LogP contribution in [-0.4, -0.2) is 19.5 Å². The third-order valence-electron chi connectivity index (χ3n) is 11.9. The van der Waals surface area contributed by atoms with E-state index in [0.717, 1.165) is 49.8 Å². The first-order chi connectivity index (χ1) is 28.5. The fraction of sp³-hybridized carbons (Fsp3) is 0.0556. The maximum absolute atomic E-state index is 5.38. The highest BCUT2D eigenvalue weighted by atomic mass is 15.2. The van der Waals surface area contributed by atoms with Crippen LogP contribution in [0.15, 0.2) is 194 Å². The van der Waals surface area contributed by atoms with Crippen molar-refractivity contribution in [2.75, 3.05) is 0 Å². The van der Waals surface area contributed by atoms with Crippen molar-refractivity contribution >= 4 is 21.8 Å². The standard InChI is InChI=1S/C54H38N4/c1-54(2)47-27-13-12-26-43(47)44-33-46-45-32-40(37-20-10-5-11-21-37)28-29-49(45)58(50(46)34-48(44)54)53-56-51(41-24-14-22-38(30-41)35-16-6-3-7-17-35)55-52(57-53)42-25-15-23-39(31-42)36-18-8-4-9-19-36/h3-34H,1-2H3. The Morgan fingerprint density at radius 1 is 0.345 bits per heavy atom. The number of aromatic nitrogens is 4. The average molecular weight is 743 g/mol. The number of rotatable bonds is 6. The maximum Gasteiger partial charge on any atom is 0.238 e. The van der Waals surface area contributed by atoms with Crippen LogP contribution in [0.1, 0.15) is 25.0 Å². The van der Waals surface area contributed by atoms with Gasteiger partial charge in [0, 0.05) is 27.3 Å². The van der Waals surface area contributed by atoms with E-state index in [9.17, 15) is 0 Å². The Labute approximate surface area is 337 Å². The smallest absolute Gasteiger partial charge is 0.238 e. The molecule has 0 radical (unpaired) electrons. The Morgan fingerprint density at radius 2 is 0.828 bits per heavy atom. The Bertz CT molecular complexity index is 3080. The number of fused-ring (bicyclic) bond motifs is 6. The lowest BCUT2D eigenvalue weighted by atomic mass is 9.82. The van der Waals surface area contributed by atoms with Crippen LogP contribution in [0.25, 0.3) is 95.0 Å². The summed E-state index contributed by atoms with van der Waals surface area (Å²) in [5.41, 5.74) is 15.9. The van der Waals surface area contributed by atoms with Crippen molar-refractivity contribution in [3.8, 4) is 73.2 Å². The molecule has 0 spiro atoms. The van der Waals surface area contributed by atoms with Gasteiger partial charge in [-0.25, -0.2) is 4.98 Å². The maximum atomic E-state index is 5.38. The van der Waals surface area contributed by atoms with Crippen LogP contribution in [0.2, 0.25) is 0 Å². The van der Waals surface area contributed by atoms with Crippen molar-refractivity contribution in [1.29, 1.82) is 0 Å². The van der Waals surface area contributed by atoms with Crippen LogP contribution in [-0.2, 0) is 5.41 Å². The summed E-state index contributed by atoms with van der Waals surface area (Å²) in [4.78, 5) is 16.0. The fourth-order valence-electron chi connectivity index (χ4n) is 8.90. The summed E-state index contributed by atoms with van der Waals surface area (Å²) in [5.74, 6) is 1.82. The molecule has 0 saturated heterocycles. The molecule has 0 unspecified atom stereocenters. The van der Waals surface area contributed by atoms with Crippen LogP contribution in [0.5, 0.6) is 0 Å². The Hall–Kier alpha value is -7.43. The van der Waals surface area contributed by atoms with Crippen molar-refractivity contribution < 1.29 is 0 Å².